The predicted octanol–water partition coefficient (Wildman–Crippen LogP) is 3.46. The van der Waals surface area contributed by atoms with Crippen molar-refractivity contribution < 1.29 is 4.74 Å². The molecule has 1 aliphatic rings. The molecule has 0 fully saturated rings. The molecule has 1 aliphatic heterocycles. The average molecular weight is 367 g/mol. The number of H-pyrrole nitrogens is 1. The smallest absolute Gasteiger partial charge is 0.254 e. The van der Waals surface area contributed by atoms with E-state index in [-0.39, 0.29) is 5.56 Å². The summed E-state index contributed by atoms with van der Waals surface area (Å²) in [6.45, 7) is 4.96. The average Bonchev–Trinajstić information content (AvgIpc) is 3.18. The largest absolute Gasteiger partial charge is 0.494 e. The minimum Gasteiger partial charge on any atom is -0.494 e. The van der Waals surface area contributed by atoms with Crippen LogP contribution < -0.4 is 10.3 Å². The number of nitrogens with one attached hydrogen (secondary N) is 1. The van der Waals surface area contributed by atoms with Crippen LogP contribution in [-0.2, 0) is 19.5 Å². The van der Waals surface area contributed by atoms with Gasteiger partial charge < -0.3 is 9.72 Å². The van der Waals surface area contributed by atoms with E-state index in [2.05, 4.69) is 16.0 Å². The fourth-order valence-electron chi connectivity index (χ4n) is 3.33. The van der Waals surface area contributed by atoms with Crippen LogP contribution in [0.5, 0.6) is 5.75 Å². The van der Waals surface area contributed by atoms with Crippen LogP contribution in [-0.4, -0.2) is 28.0 Å². The molecular weight excluding hydrogens is 346 g/mol. The third kappa shape index (κ3) is 3.43. The summed E-state index contributed by atoms with van der Waals surface area (Å²) >= 11 is 1.58. The van der Waals surface area contributed by atoms with Crippen LogP contribution in [0.2, 0.25) is 0 Å². The van der Waals surface area contributed by atoms with Crippen molar-refractivity contribution in [2.24, 2.45) is 0 Å². The van der Waals surface area contributed by atoms with Crippen molar-refractivity contribution in [3.8, 4) is 16.5 Å². The second kappa shape index (κ2) is 7.43. The summed E-state index contributed by atoms with van der Waals surface area (Å²) in [6, 6.07) is 12.1. The molecule has 4 rings (SSSR count). The number of fused-ring (bicyclic) bond motifs is 1. The number of benzene rings is 1. The van der Waals surface area contributed by atoms with Gasteiger partial charge in [0, 0.05) is 30.8 Å². The Hall–Kier alpha value is -2.44. The first-order chi connectivity index (χ1) is 12.7. The molecule has 0 amide bonds. The highest BCUT2D eigenvalue weighted by Gasteiger charge is 2.22. The Bertz CT molecular complexity index is 950. The molecule has 2 aromatic heterocycles. The molecular formula is C20H21N3O2S. The number of thiophene rings is 1. The fraction of sp³-hybridized carbons (Fsp3) is 0.300. The zero-order chi connectivity index (χ0) is 17.9. The minimum atomic E-state index is -0.00670. The highest BCUT2D eigenvalue weighted by Crippen LogP contribution is 2.25. The first-order valence-electron chi connectivity index (χ1n) is 8.83. The second-order valence-electron chi connectivity index (χ2n) is 6.32. The van der Waals surface area contributed by atoms with Gasteiger partial charge in [-0.05, 0) is 30.9 Å². The highest BCUT2D eigenvalue weighted by atomic mass is 32.1. The van der Waals surface area contributed by atoms with Gasteiger partial charge in [-0.1, -0.05) is 24.3 Å². The summed E-state index contributed by atoms with van der Waals surface area (Å²) in [5.41, 5.74) is 2.87. The number of rotatable bonds is 5. The molecule has 1 N–H and O–H groups in total. The van der Waals surface area contributed by atoms with Crippen LogP contribution in [0.4, 0.5) is 0 Å². The normalized spacial score (nSPS) is 14.2. The fourth-order valence-corrected chi connectivity index (χ4v) is 4.00. The lowest BCUT2D eigenvalue weighted by molar-refractivity contribution is 0.234. The van der Waals surface area contributed by atoms with Gasteiger partial charge in [0.25, 0.3) is 5.56 Å². The number of hydrogen-bond donors (Lipinski definition) is 1. The van der Waals surface area contributed by atoms with Crippen molar-refractivity contribution in [1.82, 2.24) is 14.9 Å². The van der Waals surface area contributed by atoms with Crippen LogP contribution in [0, 0.1) is 0 Å². The van der Waals surface area contributed by atoms with Gasteiger partial charge in [-0.3, -0.25) is 9.69 Å². The molecule has 26 heavy (non-hydrogen) atoms. The zero-order valence-corrected chi connectivity index (χ0v) is 15.5. The number of hydrogen-bond acceptors (Lipinski definition) is 5. The first-order valence-corrected chi connectivity index (χ1v) is 9.71. The van der Waals surface area contributed by atoms with Gasteiger partial charge in [-0.15, -0.1) is 11.3 Å². The monoisotopic (exact) mass is 367 g/mol. The van der Waals surface area contributed by atoms with E-state index < -0.39 is 0 Å². The van der Waals surface area contributed by atoms with E-state index in [9.17, 15) is 4.79 Å². The molecule has 1 aromatic carbocycles. The van der Waals surface area contributed by atoms with Crippen molar-refractivity contribution in [2.45, 2.75) is 26.4 Å². The van der Waals surface area contributed by atoms with Crippen molar-refractivity contribution in [2.75, 3.05) is 13.2 Å². The summed E-state index contributed by atoms with van der Waals surface area (Å²) in [6.07, 6.45) is 0.721. The van der Waals surface area contributed by atoms with Gasteiger partial charge >= 0.3 is 0 Å². The number of ether oxygens (including phenoxy) is 1. The first kappa shape index (κ1) is 17.0. The summed E-state index contributed by atoms with van der Waals surface area (Å²) < 4.78 is 5.74. The van der Waals surface area contributed by atoms with E-state index in [0.717, 1.165) is 41.4 Å². The van der Waals surface area contributed by atoms with Gasteiger partial charge in [0.2, 0.25) is 0 Å². The van der Waals surface area contributed by atoms with Gasteiger partial charge in [0.15, 0.2) is 5.82 Å². The third-order valence-corrected chi connectivity index (χ3v) is 5.45. The Morgan fingerprint density at radius 1 is 1.27 bits per heavy atom. The summed E-state index contributed by atoms with van der Waals surface area (Å²) in [5.74, 6) is 1.60. The lowest BCUT2D eigenvalue weighted by Crippen LogP contribution is -2.35. The quantitative estimate of drug-likeness (QED) is 0.750. The molecule has 3 aromatic rings. The molecule has 3 heterocycles. The summed E-state index contributed by atoms with van der Waals surface area (Å²) in [4.78, 5) is 23.5. The summed E-state index contributed by atoms with van der Waals surface area (Å²) in [7, 11) is 0. The van der Waals surface area contributed by atoms with Crippen LogP contribution >= 0.6 is 11.3 Å². The molecule has 134 valence electrons. The molecule has 0 saturated carbocycles. The SMILES string of the molecule is CCOc1ccccc1CN1CCc2c(nc(-c3cccs3)[nH]c2=O)C1. The van der Waals surface area contributed by atoms with Crippen LogP contribution in [0.1, 0.15) is 23.7 Å². The molecule has 0 atom stereocenters. The highest BCUT2D eigenvalue weighted by molar-refractivity contribution is 7.13. The Morgan fingerprint density at radius 3 is 2.96 bits per heavy atom. The Morgan fingerprint density at radius 2 is 2.15 bits per heavy atom. The lowest BCUT2D eigenvalue weighted by atomic mass is 10.1. The van der Waals surface area contributed by atoms with Crippen LogP contribution in [0.25, 0.3) is 10.7 Å². The Kier molecular flexibility index (Phi) is 4.86. The molecule has 0 unspecified atom stereocenters. The Labute approximate surface area is 156 Å². The number of nitrogens with zero attached hydrogens (tertiary/aromatic N) is 2. The van der Waals surface area contributed by atoms with Gasteiger partial charge in [-0.2, -0.15) is 0 Å². The molecule has 0 bridgehead atoms. The van der Waals surface area contributed by atoms with E-state index in [4.69, 9.17) is 9.72 Å². The maximum absolute atomic E-state index is 12.5. The molecule has 0 saturated heterocycles. The molecule has 6 heteroatoms. The summed E-state index contributed by atoms with van der Waals surface area (Å²) in [5, 5.41) is 1.99. The number of para-hydroxylation sites is 1. The van der Waals surface area contributed by atoms with Crippen molar-refractivity contribution in [3.05, 3.63) is 69.0 Å². The molecule has 5 nitrogen and oxygen atoms in total. The minimum absolute atomic E-state index is 0.00670. The van der Waals surface area contributed by atoms with E-state index >= 15 is 0 Å². The maximum atomic E-state index is 12.5. The van der Waals surface area contributed by atoms with Crippen LogP contribution in [0.3, 0.4) is 0 Å². The second-order valence-corrected chi connectivity index (χ2v) is 7.27. The van der Waals surface area contributed by atoms with E-state index in [1.165, 1.54) is 5.56 Å². The number of aromatic amines is 1. The van der Waals surface area contributed by atoms with E-state index in [1.807, 2.05) is 42.6 Å². The van der Waals surface area contributed by atoms with E-state index in [1.54, 1.807) is 11.3 Å². The van der Waals surface area contributed by atoms with Gasteiger partial charge in [0.1, 0.15) is 5.75 Å². The van der Waals surface area contributed by atoms with Gasteiger partial charge in [-0.25, -0.2) is 4.98 Å². The third-order valence-electron chi connectivity index (χ3n) is 4.57. The number of aromatic nitrogens is 2. The van der Waals surface area contributed by atoms with Crippen LogP contribution in [0.15, 0.2) is 46.6 Å². The van der Waals surface area contributed by atoms with Crippen molar-refractivity contribution in [1.29, 1.82) is 0 Å². The zero-order valence-electron chi connectivity index (χ0n) is 14.7. The molecule has 0 spiro atoms. The van der Waals surface area contributed by atoms with Crippen molar-refractivity contribution >= 4 is 11.3 Å². The topological polar surface area (TPSA) is 58.2 Å². The van der Waals surface area contributed by atoms with Gasteiger partial charge in [0.05, 0.1) is 17.2 Å². The molecule has 0 aliphatic carbocycles. The maximum Gasteiger partial charge on any atom is 0.254 e. The predicted molar refractivity (Wildman–Crippen MR) is 104 cm³/mol. The lowest BCUT2D eigenvalue weighted by Gasteiger charge is -2.28. The standard InChI is InChI=1S/C20H21N3O2S/c1-2-25-17-7-4-3-6-14(17)12-23-10-9-15-16(13-23)21-19(22-20(15)24)18-8-5-11-26-18/h3-8,11H,2,9-10,12-13H2,1H3,(H,21,22,24). The van der Waals surface area contributed by atoms with E-state index in [0.29, 0.717) is 19.0 Å². The Balaban J connectivity index is 1.59. The van der Waals surface area contributed by atoms with Crippen molar-refractivity contribution in [3.63, 3.8) is 0 Å². The molecule has 0 radical (unpaired) electrons.